The number of rotatable bonds is 1. The Bertz CT molecular complexity index is 1210. The molecule has 0 atom stereocenters. The van der Waals surface area contributed by atoms with Gasteiger partial charge in [0.05, 0.1) is 11.0 Å². The Kier molecular flexibility index (Phi) is 2.74. The molecule has 0 saturated heterocycles. The minimum Gasteiger partial charge on any atom is -0.342 e. The van der Waals surface area contributed by atoms with E-state index in [2.05, 4.69) is 82.8 Å². The van der Waals surface area contributed by atoms with Crippen LogP contribution in [0.25, 0.3) is 43.7 Å². The fourth-order valence-corrected chi connectivity index (χ4v) is 3.60. The zero-order chi connectivity index (χ0) is 16.1. The molecule has 1 N–H and O–H groups in total. The predicted molar refractivity (Wildman–Crippen MR) is 101 cm³/mol. The minimum atomic E-state index is 0.950. The van der Waals surface area contributed by atoms with Gasteiger partial charge < -0.3 is 4.98 Å². The molecule has 4 aromatic carbocycles. The summed E-state index contributed by atoms with van der Waals surface area (Å²) in [4.78, 5) is 7.83. The molecule has 0 aliphatic rings. The van der Waals surface area contributed by atoms with Crippen LogP contribution >= 0.6 is 0 Å². The Morgan fingerprint density at radius 3 is 2.58 bits per heavy atom. The van der Waals surface area contributed by atoms with Crippen molar-refractivity contribution in [1.82, 2.24) is 9.97 Å². The molecule has 0 amide bonds. The summed E-state index contributed by atoms with van der Waals surface area (Å²) in [6, 6.07) is 26.0. The molecule has 1 heterocycles. The van der Waals surface area contributed by atoms with Crippen LogP contribution in [0, 0.1) is 6.92 Å². The van der Waals surface area contributed by atoms with Crippen LogP contribution in [-0.4, -0.2) is 9.97 Å². The van der Waals surface area contributed by atoms with Gasteiger partial charge in [-0.3, -0.25) is 0 Å². The van der Waals surface area contributed by atoms with E-state index >= 15 is 0 Å². The summed E-state index contributed by atoms with van der Waals surface area (Å²) in [5.41, 5.74) is 4.57. The predicted octanol–water partition coefficient (Wildman–Crippen LogP) is 5.84. The molecular formula is C22H16N2. The van der Waals surface area contributed by atoms with Crippen LogP contribution in [0.3, 0.4) is 0 Å². The highest BCUT2D eigenvalue weighted by Crippen LogP contribution is 2.34. The smallest absolute Gasteiger partial charge is 0.104 e. The number of nitrogens with zero attached hydrogens (tertiary/aromatic N) is 1. The van der Waals surface area contributed by atoms with Crippen molar-refractivity contribution < 1.29 is 0 Å². The van der Waals surface area contributed by atoms with Gasteiger partial charge in [0, 0.05) is 0 Å². The number of imidazole rings is 1. The molecule has 0 unspecified atom stereocenters. The topological polar surface area (TPSA) is 28.7 Å². The van der Waals surface area contributed by atoms with E-state index in [1.54, 1.807) is 0 Å². The van der Waals surface area contributed by atoms with Gasteiger partial charge in [0.15, 0.2) is 0 Å². The van der Waals surface area contributed by atoms with Crippen LogP contribution in [0.5, 0.6) is 0 Å². The van der Waals surface area contributed by atoms with Crippen molar-refractivity contribution >= 4 is 32.6 Å². The van der Waals surface area contributed by atoms with Crippen LogP contribution < -0.4 is 0 Å². The van der Waals surface area contributed by atoms with Gasteiger partial charge in [-0.25, -0.2) is 4.98 Å². The van der Waals surface area contributed by atoms with Crippen molar-refractivity contribution in [2.45, 2.75) is 6.92 Å². The van der Waals surface area contributed by atoms with Crippen LogP contribution in [0.2, 0.25) is 0 Å². The quantitative estimate of drug-likeness (QED) is 0.387. The molecule has 0 aliphatic heterocycles. The molecule has 2 heteroatoms. The summed E-state index contributed by atoms with van der Waals surface area (Å²) < 4.78 is 0. The Labute approximate surface area is 139 Å². The number of nitrogens with one attached hydrogen (secondary N) is 1. The Morgan fingerprint density at radius 2 is 1.62 bits per heavy atom. The summed E-state index contributed by atoms with van der Waals surface area (Å²) in [6.45, 7) is 1.99. The maximum Gasteiger partial charge on any atom is 0.104 e. The van der Waals surface area contributed by atoms with Gasteiger partial charge in [0.25, 0.3) is 0 Å². The van der Waals surface area contributed by atoms with E-state index < -0.39 is 0 Å². The van der Waals surface area contributed by atoms with Gasteiger partial charge in [-0.2, -0.15) is 0 Å². The molecule has 0 fully saturated rings. The summed E-state index contributed by atoms with van der Waals surface area (Å²) in [5, 5.41) is 5.16. The van der Waals surface area contributed by atoms with E-state index in [1.165, 1.54) is 32.7 Å². The lowest BCUT2D eigenvalue weighted by Crippen LogP contribution is -1.83. The molecule has 0 radical (unpaired) electrons. The Balaban J connectivity index is 1.83. The van der Waals surface area contributed by atoms with Gasteiger partial charge in [0.1, 0.15) is 5.82 Å². The molecule has 0 aliphatic carbocycles. The third-order valence-corrected chi connectivity index (χ3v) is 4.70. The van der Waals surface area contributed by atoms with Gasteiger partial charge >= 0.3 is 0 Å². The first-order valence-corrected chi connectivity index (χ1v) is 8.17. The lowest BCUT2D eigenvalue weighted by Gasteiger charge is -2.09. The van der Waals surface area contributed by atoms with E-state index in [-0.39, 0.29) is 0 Å². The molecule has 0 saturated carbocycles. The highest BCUT2D eigenvalue weighted by molar-refractivity contribution is 6.12. The number of H-pyrrole nitrogens is 1. The first-order valence-electron chi connectivity index (χ1n) is 8.17. The zero-order valence-electron chi connectivity index (χ0n) is 13.4. The van der Waals surface area contributed by atoms with Crippen molar-refractivity contribution in [2.75, 3.05) is 0 Å². The lowest BCUT2D eigenvalue weighted by atomic mass is 9.94. The fourth-order valence-electron chi connectivity index (χ4n) is 3.60. The number of aromatic amines is 1. The SMILES string of the molecule is Cc1nc2ccc(-c3cccc4c3ccc3ccccc34)cc2[nH]1. The fraction of sp³-hybridized carbons (Fsp3) is 0.0455. The number of hydrogen-bond acceptors (Lipinski definition) is 1. The summed E-state index contributed by atoms with van der Waals surface area (Å²) >= 11 is 0. The zero-order valence-corrected chi connectivity index (χ0v) is 13.4. The molecule has 1 aromatic heterocycles. The second-order valence-corrected chi connectivity index (χ2v) is 6.24. The van der Waals surface area contributed by atoms with Crippen molar-refractivity contribution in [3.63, 3.8) is 0 Å². The second-order valence-electron chi connectivity index (χ2n) is 6.24. The molecule has 114 valence electrons. The van der Waals surface area contributed by atoms with Gasteiger partial charge in [-0.1, -0.05) is 60.7 Å². The summed E-state index contributed by atoms with van der Waals surface area (Å²) in [6.07, 6.45) is 0. The first-order chi connectivity index (χ1) is 11.8. The monoisotopic (exact) mass is 308 g/mol. The molecule has 24 heavy (non-hydrogen) atoms. The highest BCUT2D eigenvalue weighted by Gasteiger charge is 2.08. The van der Waals surface area contributed by atoms with Crippen LogP contribution in [-0.2, 0) is 0 Å². The molecule has 5 aromatic rings. The van der Waals surface area contributed by atoms with Gasteiger partial charge in [-0.15, -0.1) is 0 Å². The van der Waals surface area contributed by atoms with Gasteiger partial charge in [-0.05, 0) is 51.7 Å². The average molecular weight is 308 g/mol. The van der Waals surface area contributed by atoms with E-state index in [1.807, 2.05) is 6.92 Å². The van der Waals surface area contributed by atoms with Crippen LogP contribution in [0.15, 0.2) is 72.8 Å². The van der Waals surface area contributed by atoms with E-state index in [0.717, 1.165) is 16.9 Å². The summed E-state index contributed by atoms with van der Waals surface area (Å²) in [5.74, 6) is 0.950. The first kappa shape index (κ1) is 13.3. The molecule has 5 rings (SSSR count). The van der Waals surface area contributed by atoms with Gasteiger partial charge in [0.2, 0.25) is 0 Å². The number of hydrogen-bond donors (Lipinski definition) is 1. The van der Waals surface area contributed by atoms with Crippen molar-refractivity contribution in [1.29, 1.82) is 0 Å². The average Bonchev–Trinajstić information content (AvgIpc) is 3.00. The minimum absolute atomic E-state index is 0.950. The molecule has 0 bridgehead atoms. The largest absolute Gasteiger partial charge is 0.342 e. The number of benzene rings is 4. The molecular weight excluding hydrogens is 292 g/mol. The third kappa shape index (κ3) is 1.93. The lowest BCUT2D eigenvalue weighted by molar-refractivity contribution is 1.17. The van der Waals surface area contributed by atoms with Crippen molar-refractivity contribution in [2.24, 2.45) is 0 Å². The number of fused-ring (bicyclic) bond motifs is 4. The Hall–Kier alpha value is -3.13. The third-order valence-electron chi connectivity index (χ3n) is 4.70. The molecule has 2 nitrogen and oxygen atoms in total. The maximum atomic E-state index is 4.50. The van der Waals surface area contributed by atoms with E-state index in [9.17, 15) is 0 Å². The van der Waals surface area contributed by atoms with Crippen LogP contribution in [0.4, 0.5) is 0 Å². The highest BCUT2D eigenvalue weighted by atomic mass is 14.9. The van der Waals surface area contributed by atoms with Crippen molar-refractivity contribution in [3.05, 3.63) is 78.6 Å². The van der Waals surface area contributed by atoms with Crippen molar-refractivity contribution in [3.8, 4) is 11.1 Å². The van der Waals surface area contributed by atoms with Crippen LogP contribution in [0.1, 0.15) is 5.82 Å². The second kappa shape index (κ2) is 4.93. The van der Waals surface area contributed by atoms with E-state index in [4.69, 9.17) is 0 Å². The number of aromatic nitrogens is 2. The molecule has 0 spiro atoms. The maximum absolute atomic E-state index is 4.50. The van der Waals surface area contributed by atoms with E-state index in [0.29, 0.717) is 0 Å². The summed E-state index contributed by atoms with van der Waals surface area (Å²) in [7, 11) is 0. The Morgan fingerprint density at radius 1 is 0.750 bits per heavy atom. The normalized spacial score (nSPS) is 11.5. The number of aryl methyl sites for hydroxylation is 1. The standard InChI is InChI=1S/C22H16N2/c1-14-23-21-12-10-16(13-22(21)24-14)18-7-4-8-19-17-6-3-2-5-15(17)9-11-20(18)19/h2-13H,1H3,(H,23,24).